The average Bonchev–Trinajstić information content (AvgIpc) is 2.79. The van der Waals surface area contributed by atoms with Gasteiger partial charge in [-0.3, -0.25) is 4.79 Å². The SMILES string of the molecule is CC(C)(Cn1nnnc1-c1cc(Cl)ccc1Cl)C(=O)O. The highest BCUT2D eigenvalue weighted by molar-refractivity contribution is 6.35. The van der Waals surface area contributed by atoms with Crippen molar-refractivity contribution in [3.8, 4) is 11.4 Å². The van der Waals surface area contributed by atoms with Gasteiger partial charge in [0.25, 0.3) is 0 Å². The molecule has 20 heavy (non-hydrogen) atoms. The van der Waals surface area contributed by atoms with E-state index >= 15 is 0 Å². The Morgan fingerprint density at radius 1 is 1.40 bits per heavy atom. The van der Waals surface area contributed by atoms with Gasteiger partial charge in [-0.25, -0.2) is 4.68 Å². The van der Waals surface area contributed by atoms with Crippen LogP contribution in [0.25, 0.3) is 11.4 Å². The van der Waals surface area contributed by atoms with E-state index in [9.17, 15) is 9.90 Å². The molecular formula is C12H12Cl2N4O2. The first-order chi connectivity index (χ1) is 9.31. The molecular weight excluding hydrogens is 303 g/mol. The van der Waals surface area contributed by atoms with Crippen LogP contribution in [-0.4, -0.2) is 31.3 Å². The number of tetrazole rings is 1. The van der Waals surface area contributed by atoms with Gasteiger partial charge in [-0.1, -0.05) is 23.2 Å². The molecule has 0 aliphatic heterocycles. The molecule has 0 radical (unpaired) electrons. The molecule has 0 aliphatic rings. The highest BCUT2D eigenvalue weighted by atomic mass is 35.5. The summed E-state index contributed by atoms with van der Waals surface area (Å²) < 4.78 is 1.41. The van der Waals surface area contributed by atoms with Crippen molar-refractivity contribution < 1.29 is 9.90 Å². The maximum atomic E-state index is 11.2. The van der Waals surface area contributed by atoms with Crippen molar-refractivity contribution in [1.82, 2.24) is 20.2 Å². The number of aliphatic carboxylic acids is 1. The van der Waals surface area contributed by atoms with Gasteiger partial charge in [-0.05, 0) is 42.5 Å². The number of nitrogens with zero attached hydrogens (tertiary/aromatic N) is 4. The summed E-state index contributed by atoms with van der Waals surface area (Å²) in [5.41, 5.74) is -0.444. The van der Waals surface area contributed by atoms with Crippen molar-refractivity contribution in [2.45, 2.75) is 20.4 Å². The molecule has 0 fully saturated rings. The van der Waals surface area contributed by atoms with E-state index in [4.69, 9.17) is 23.2 Å². The lowest BCUT2D eigenvalue weighted by Gasteiger charge is -2.19. The summed E-state index contributed by atoms with van der Waals surface area (Å²) in [6.45, 7) is 3.31. The van der Waals surface area contributed by atoms with E-state index in [1.807, 2.05) is 0 Å². The third-order valence-electron chi connectivity index (χ3n) is 2.83. The van der Waals surface area contributed by atoms with Crippen molar-refractivity contribution in [2.24, 2.45) is 5.41 Å². The van der Waals surface area contributed by atoms with E-state index < -0.39 is 11.4 Å². The third-order valence-corrected chi connectivity index (χ3v) is 3.39. The Bertz CT molecular complexity index is 655. The summed E-state index contributed by atoms with van der Waals surface area (Å²) >= 11 is 12.0. The number of carboxylic acids is 1. The second kappa shape index (κ2) is 5.38. The predicted molar refractivity (Wildman–Crippen MR) is 74.7 cm³/mol. The molecule has 2 aromatic rings. The third kappa shape index (κ3) is 2.91. The molecule has 1 N–H and O–H groups in total. The van der Waals surface area contributed by atoms with Gasteiger partial charge in [0.1, 0.15) is 0 Å². The fourth-order valence-corrected chi connectivity index (χ4v) is 1.99. The molecule has 6 nitrogen and oxygen atoms in total. The normalized spacial score (nSPS) is 11.6. The van der Waals surface area contributed by atoms with Crippen molar-refractivity contribution in [1.29, 1.82) is 0 Å². The summed E-state index contributed by atoms with van der Waals surface area (Å²) in [4.78, 5) is 11.2. The molecule has 106 valence electrons. The summed E-state index contributed by atoms with van der Waals surface area (Å²) in [6.07, 6.45) is 0. The smallest absolute Gasteiger partial charge is 0.310 e. The summed E-state index contributed by atoms with van der Waals surface area (Å²) in [5, 5.41) is 21.4. The molecule has 1 heterocycles. The molecule has 0 saturated heterocycles. The van der Waals surface area contributed by atoms with Crippen LogP contribution in [-0.2, 0) is 11.3 Å². The van der Waals surface area contributed by atoms with Crippen LogP contribution in [0.15, 0.2) is 18.2 Å². The number of hydrogen-bond acceptors (Lipinski definition) is 4. The monoisotopic (exact) mass is 314 g/mol. The molecule has 1 aromatic heterocycles. The predicted octanol–water partition coefficient (Wildman–Crippen LogP) is 2.76. The zero-order valence-electron chi connectivity index (χ0n) is 10.8. The van der Waals surface area contributed by atoms with Gasteiger partial charge in [-0.2, -0.15) is 0 Å². The van der Waals surface area contributed by atoms with Gasteiger partial charge >= 0.3 is 5.97 Å². The number of halogens is 2. The number of carboxylic acid groups (broad SMARTS) is 1. The molecule has 0 spiro atoms. The molecule has 0 unspecified atom stereocenters. The minimum absolute atomic E-state index is 0.119. The van der Waals surface area contributed by atoms with Gasteiger partial charge in [0.15, 0.2) is 5.82 Å². The average molecular weight is 315 g/mol. The fraction of sp³-hybridized carbons (Fsp3) is 0.333. The standard InChI is InChI=1S/C12H12Cl2N4O2/c1-12(2,11(19)20)6-18-10(15-16-17-18)8-5-7(13)3-4-9(8)14/h3-5H,6H2,1-2H3,(H,19,20). The molecule has 2 rings (SSSR count). The van der Waals surface area contributed by atoms with Crippen molar-refractivity contribution in [3.63, 3.8) is 0 Å². The Morgan fingerprint density at radius 2 is 2.10 bits per heavy atom. The Morgan fingerprint density at radius 3 is 2.75 bits per heavy atom. The van der Waals surface area contributed by atoms with E-state index in [0.29, 0.717) is 21.4 Å². The summed E-state index contributed by atoms with van der Waals surface area (Å²) in [6, 6.07) is 4.93. The van der Waals surface area contributed by atoms with Crippen LogP contribution in [0, 0.1) is 5.41 Å². The fourth-order valence-electron chi connectivity index (χ4n) is 1.61. The van der Waals surface area contributed by atoms with Gasteiger partial charge in [0.2, 0.25) is 0 Å². The molecule has 0 atom stereocenters. The Balaban J connectivity index is 2.43. The van der Waals surface area contributed by atoms with Crippen molar-refractivity contribution in [3.05, 3.63) is 28.2 Å². The summed E-state index contributed by atoms with van der Waals surface area (Å²) in [5.74, 6) is -0.553. The lowest BCUT2D eigenvalue weighted by Crippen LogP contribution is -2.30. The largest absolute Gasteiger partial charge is 0.481 e. The Labute approximate surface area is 125 Å². The quantitative estimate of drug-likeness (QED) is 0.938. The lowest BCUT2D eigenvalue weighted by molar-refractivity contribution is -0.147. The highest BCUT2D eigenvalue weighted by Crippen LogP contribution is 2.30. The highest BCUT2D eigenvalue weighted by Gasteiger charge is 2.30. The van der Waals surface area contributed by atoms with Crippen molar-refractivity contribution >= 4 is 29.2 Å². The van der Waals surface area contributed by atoms with Crippen LogP contribution in [0.4, 0.5) is 0 Å². The molecule has 0 bridgehead atoms. The van der Waals surface area contributed by atoms with E-state index in [1.54, 1.807) is 32.0 Å². The maximum absolute atomic E-state index is 11.2. The van der Waals surface area contributed by atoms with Gasteiger partial charge in [0.05, 0.1) is 17.0 Å². The van der Waals surface area contributed by atoms with E-state index in [2.05, 4.69) is 15.5 Å². The van der Waals surface area contributed by atoms with E-state index in [-0.39, 0.29) is 6.54 Å². The number of hydrogen-bond donors (Lipinski definition) is 1. The second-order valence-electron chi connectivity index (χ2n) is 4.97. The van der Waals surface area contributed by atoms with Crippen molar-refractivity contribution in [2.75, 3.05) is 0 Å². The minimum Gasteiger partial charge on any atom is -0.481 e. The van der Waals surface area contributed by atoms with Crippen LogP contribution in [0.3, 0.4) is 0 Å². The maximum Gasteiger partial charge on any atom is 0.310 e. The zero-order chi connectivity index (χ0) is 14.9. The van der Waals surface area contributed by atoms with Crippen LogP contribution >= 0.6 is 23.2 Å². The Hall–Kier alpha value is -1.66. The lowest BCUT2D eigenvalue weighted by atomic mass is 9.94. The van der Waals surface area contributed by atoms with Crippen LogP contribution < -0.4 is 0 Å². The van der Waals surface area contributed by atoms with Crippen LogP contribution in [0.2, 0.25) is 10.0 Å². The zero-order valence-corrected chi connectivity index (χ0v) is 12.4. The molecule has 0 amide bonds. The Kier molecular flexibility index (Phi) is 3.96. The molecule has 0 aliphatic carbocycles. The first kappa shape index (κ1) is 14.7. The van der Waals surface area contributed by atoms with Gasteiger partial charge < -0.3 is 5.11 Å². The number of rotatable bonds is 4. The van der Waals surface area contributed by atoms with Crippen LogP contribution in [0.1, 0.15) is 13.8 Å². The first-order valence-electron chi connectivity index (χ1n) is 5.76. The van der Waals surface area contributed by atoms with Gasteiger partial charge in [0, 0.05) is 10.6 Å². The van der Waals surface area contributed by atoms with Crippen LogP contribution in [0.5, 0.6) is 0 Å². The second-order valence-corrected chi connectivity index (χ2v) is 5.82. The summed E-state index contributed by atoms with van der Waals surface area (Å²) in [7, 11) is 0. The topological polar surface area (TPSA) is 80.9 Å². The molecule has 1 aromatic carbocycles. The first-order valence-corrected chi connectivity index (χ1v) is 6.52. The minimum atomic E-state index is -1.00. The molecule has 8 heteroatoms. The number of aromatic nitrogens is 4. The van der Waals surface area contributed by atoms with E-state index in [0.717, 1.165) is 0 Å². The van der Waals surface area contributed by atoms with E-state index in [1.165, 1.54) is 4.68 Å². The molecule has 0 saturated carbocycles. The number of carbonyl (C=O) groups is 1. The van der Waals surface area contributed by atoms with Gasteiger partial charge in [-0.15, -0.1) is 5.10 Å². The number of benzene rings is 1.